The van der Waals surface area contributed by atoms with Crippen molar-refractivity contribution in [2.45, 2.75) is 68.2 Å². The first-order chi connectivity index (χ1) is 9.04. The molecule has 10 heteroatoms. The van der Waals surface area contributed by atoms with Gasteiger partial charge in [-0.3, -0.25) is 0 Å². The second-order valence-corrected chi connectivity index (χ2v) is 6.08. The van der Waals surface area contributed by atoms with Gasteiger partial charge in [-0.1, -0.05) is 47.8 Å². The van der Waals surface area contributed by atoms with Gasteiger partial charge in [0.1, 0.15) is 6.71 Å². The van der Waals surface area contributed by atoms with Gasteiger partial charge in [0.2, 0.25) is 0 Å². The van der Waals surface area contributed by atoms with Crippen LogP contribution in [-0.4, -0.2) is 41.9 Å². The smallest absolute Gasteiger partial charge is 0.426 e. The molecule has 0 amide bonds. The van der Waals surface area contributed by atoms with Gasteiger partial charge in [0.15, 0.2) is 0 Å². The highest BCUT2D eigenvalue weighted by molar-refractivity contribution is 6.72. The molecule has 1 fully saturated rings. The third-order valence-electron chi connectivity index (χ3n) is 1.69. The van der Waals surface area contributed by atoms with Crippen LogP contribution in [0.2, 0.25) is 68.2 Å². The van der Waals surface area contributed by atoms with Crippen LogP contribution in [-0.2, 0) is 18.3 Å². The summed E-state index contributed by atoms with van der Waals surface area (Å²) in [7, 11) is -0.406. The zero-order chi connectivity index (χ0) is 16.3. The van der Waals surface area contributed by atoms with Crippen molar-refractivity contribution in [2.24, 2.45) is 0 Å². The largest absolute Gasteiger partial charge is 0.499 e. The fraction of sp³-hybridized carbons (Fsp3) is 1.00. The molecule has 0 radical (unpaired) electrons. The van der Waals surface area contributed by atoms with Crippen LogP contribution in [0.1, 0.15) is 0 Å². The standard InChI is InChI=1S/C4H12B2O.C3H9B3O3.C3H9B/c1-5(2)7-6(3)4;1-4-7-5(2)9-6(3)8-4;1-4(2)3/h1-4H3;1-3H3;1-3H3. The summed E-state index contributed by atoms with van der Waals surface area (Å²) in [6, 6.07) is 0. The van der Waals surface area contributed by atoms with E-state index in [9.17, 15) is 0 Å². The summed E-state index contributed by atoms with van der Waals surface area (Å²) in [5.41, 5.74) is 0. The van der Waals surface area contributed by atoms with Crippen molar-refractivity contribution in [1.82, 2.24) is 0 Å². The van der Waals surface area contributed by atoms with E-state index in [0.29, 0.717) is 13.8 Å². The predicted molar refractivity (Wildman–Crippen MR) is 97.5 cm³/mol. The van der Waals surface area contributed by atoms with E-state index in [0.717, 1.165) is 6.71 Å². The Balaban J connectivity index is 0. The minimum atomic E-state index is -0.135. The Morgan fingerprint density at radius 1 is 0.600 bits per heavy atom. The molecule has 0 unspecified atom stereocenters. The summed E-state index contributed by atoms with van der Waals surface area (Å²) in [4.78, 5) is 0. The Morgan fingerprint density at radius 2 is 0.800 bits per heavy atom. The molecule has 0 aromatic rings. The van der Waals surface area contributed by atoms with E-state index in [1.165, 1.54) is 0 Å². The molecule has 1 aliphatic rings. The molecule has 4 nitrogen and oxygen atoms in total. The van der Waals surface area contributed by atoms with Gasteiger partial charge >= 0.3 is 21.4 Å². The Bertz CT molecular complexity index is 186. The molecule has 112 valence electrons. The predicted octanol–water partition coefficient (Wildman–Crippen LogP) is 3.28. The first-order valence-corrected chi connectivity index (χ1v) is 7.66. The zero-order valence-electron chi connectivity index (χ0n) is 15.1. The minimum Gasteiger partial charge on any atom is -0.499 e. The Kier molecular flexibility index (Phi) is 14.6. The summed E-state index contributed by atoms with van der Waals surface area (Å²) in [5.74, 6) is 0. The number of rotatable bonds is 2. The molecule has 0 aromatic carbocycles. The third-order valence-corrected chi connectivity index (χ3v) is 1.69. The van der Waals surface area contributed by atoms with Gasteiger partial charge in [-0.15, -0.1) is 0 Å². The van der Waals surface area contributed by atoms with E-state index in [-0.39, 0.29) is 21.4 Å². The van der Waals surface area contributed by atoms with E-state index < -0.39 is 0 Å². The Labute approximate surface area is 129 Å². The van der Waals surface area contributed by atoms with Crippen molar-refractivity contribution in [1.29, 1.82) is 0 Å². The normalized spacial score (nSPS) is 13.8. The Morgan fingerprint density at radius 3 is 0.900 bits per heavy atom. The van der Waals surface area contributed by atoms with Crippen LogP contribution in [0.15, 0.2) is 0 Å². The third kappa shape index (κ3) is 20.5. The van der Waals surface area contributed by atoms with Crippen molar-refractivity contribution >= 4 is 41.9 Å². The van der Waals surface area contributed by atoms with E-state index in [4.69, 9.17) is 18.3 Å². The summed E-state index contributed by atoms with van der Waals surface area (Å²) >= 11 is 0. The SMILES string of the molecule is CB(C)C.CB(C)OB(C)C.CB1OB(C)OB(C)O1. The van der Waals surface area contributed by atoms with Gasteiger partial charge in [0.05, 0.1) is 0 Å². The fourth-order valence-corrected chi connectivity index (χ4v) is 1.45. The molecule has 0 saturated carbocycles. The lowest BCUT2D eigenvalue weighted by Gasteiger charge is -2.25. The van der Waals surface area contributed by atoms with E-state index in [2.05, 4.69) is 20.5 Å². The quantitative estimate of drug-likeness (QED) is 0.727. The van der Waals surface area contributed by atoms with Crippen molar-refractivity contribution in [3.63, 3.8) is 0 Å². The molecule has 0 bridgehead atoms. The highest BCUT2D eigenvalue weighted by atomic mass is 16.7. The summed E-state index contributed by atoms with van der Waals surface area (Å²) in [5, 5.41) is 0. The van der Waals surface area contributed by atoms with Gasteiger partial charge in [-0.25, -0.2) is 0 Å². The van der Waals surface area contributed by atoms with Crippen molar-refractivity contribution in [3.8, 4) is 0 Å². The first kappa shape index (κ1) is 22.5. The molecule has 1 saturated heterocycles. The number of hydrogen-bond acceptors (Lipinski definition) is 4. The lowest BCUT2D eigenvalue weighted by atomic mass is 9.58. The van der Waals surface area contributed by atoms with Crippen LogP contribution >= 0.6 is 0 Å². The maximum absolute atomic E-state index is 5.25. The van der Waals surface area contributed by atoms with Gasteiger partial charge in [-0.2, -0.15) is 0 Å². The van der Waals surface area contributed by atoms with Crippen LogP contribution in [0.25, 0.3) is 0 Å². The van der Waals surface area contributed by atoms with E-state index >= 15 is 0 Å². The van der Waals surface area contributed by atoms with Crippen molar-refractivity contribution < 1.29 is 18.3 Å². The zero-order valence-corrected chi connectivity index (χ0v) is 15.1. The molecular weight excluding hydrogens is 249 g/mol. The maximum Gasteiger partial charge on any atom is 0.426 e. The summed E-state index contributed by atoms with van der Waals surface area (Å²) < 4.78 is 20.6. The molecule has 20 heavy (non-hydrogen) atoms. The highest BCUT2D eigenvalue weighted by Gasteiger charge is 2.31. The van der Waals surface area contributed by atoms with Crippen LogP contribution in [0.5, 0.6) is 0 Å². The average molecular weight is 279 g/mol. The van der Waals surface area contributed by atoms with Gasteiger partial charge in [0, 0.05) is 0 Å². The summed E-state index contributed by atoms with van der Waals surface area (Å²) in [6.45, 7) is 21.8. The van der Waals surface area contributed by atoms with Crippen LogP contribution in [0.4, 0.5) is 0 Å². The van der Waals surface area contributed by atoms with E-state index in [1.807, 2.05) is 47.8 Å². The fourth-order valence-electron chi connectivity index (χ4n) is 1.45. The molecule has 0 aromatic heterocycles. The monoisotopic (exact) mass is 280 g/mol. The molecule has 0 spiro atoms. The lowest BCUT2D eigenvalue weighted by molar-refractivity contribution is 0.294. The van der Waals surface area contributed by atoms with Gasteiger partial charge < -0.3 is 18.3 Å². The molecule has 0 aliphatic carbocycles. The van der Waals surface area contributed by atoms with Crippen LogP contribution < -0.4 is 0 Å². The van der Waals surface area contributed by atoms with E-state index in [1.54, 1.807) is 0 Å². The number of hydrogen-bond donors (Lipinski definition) is 0. The van der Waals surface area contributed by atoms with Crippen molar-refractivity contribution in [2.75, 3.05) is 0 Å². The molecule has 1 heterocycles. The molecule has 0 atom stereocenters. The average Bonchev–Trinajstić information content (AvgIpc) is 2.11. The van der Waals surface area contributed by atoms with Gasteiger partial charge in [-0.05, 0) is 20.5 Å². The molecule has 1 aliphatic heterocycles. The summed E-state index contributed by atoms with van der Waals surface area (Å²) in [6.07, 6.45) is 0. The molecule has 1 rings (SSSR count). The maximum atomic E-state index is 5.25. The molecular formula is C10H30B6O4. The topological polar surface area (TPSA) is 36.9 Å². The first-order valence-electron chi connectivity index (χ1n) is 7.66. The second-order valence-electron chi connectivity index (χ2n) is 6.08. The van der Waals surface area contributed by atoms with Crippen LogP contribution in [0, 0.1) is 0 Å². The minimum absolute atomic E-state index is 0.135. The van der Waals surface area contributed by atoms with Crippen molar-refractivity contribution in [3.05, 3.63) is 0 Å². The van der Waals surface area contributed by atoms with Gasteiger partial charge in [0.25, 0.3) is 13.8 Å². The second kappa shape index (κ2) is 12.9. The van der Waals surface area contributed by atoms with Crippen LogP contribution in [0.3, 0.4) is 0 Å². The lowest BCUT2D eigenvalue weighted by Crippen LogP contribution is -2.44. The highest BCUT2D eigenvalue weighted by Crippen LogP contribution is 2.06. The molecule has 0 N–H and O–H groups in total. The Hall–Kier alpha value is 0.230.